The highest BCUT2D eigenvalue weighted by Crippen LogP contribution is 2.47. The summed E-state index contributed by atoms with van der Waals surface area (Å²) in [6, 6.07) is 12.6. The van der Waals surface area contributed by atoms with Gasteiger partial charge in [0.2, 0.25) is 0 Å². The molecule has 0 saturated heterocycles. The van der Waals surface area contributed by atoms with Gasteiger partial charge in [-0.15, -0.1) is 0 Å². The first-order chi connectivity index (χ1) is 15.9. The minimum Gasteiger partial charge on any atom is -0.480 e. The second kappa shape index (κ2) is 8.58. The Balaban J connectivity index is 1.72. The number of nitrogens with zero attached hydrogens (tertiary/aromatic N) is 2. The summed E-state index contributed by atoms with van der Waals surface area (Å²) in [7, 11) is 2.15. The molecule has 6 nitrogen and oxygen atoms in total. The van der Waals surface area contributed by atoms with Gasteiger partial charge >= 0.3 is 5.97 Å². The molecule has 1 aliphatic carbocycles. The van der Waals surface area contributed by atoms with Gasteiger partial charge in [-0.05, 0) is 55.0 Å². The standard InChI is InChI=1S/C27H31N3O3/c1-17-8-10-21-22(14-17)29(2)12-13-30-23-15-19(27(33)28-16-24(31)32)9-11-20(23)25(26(21)30)18-6-4-3-5-7-18/h8-11,14-15,18H,3-7,12-13,16H2,1-2H3,(H,28,33)(H,31,32). The topological polar surface area (TPSA) is 74.6 Å². The Labute approximate surface area is 194 Å². The highest BCUT2D eigenvalue weighted by Gasteiger charge is 2.30. The monoisotopic (exact) mass is 445 g/mol. The molecule has 0 spiro atoms. The van der Waals surface area contributed by atoms with Crippen LogP contribution < -0.4 is 10.2 Å². The van der Waals surface area contributed by atoms with Crippen LogP contribution in [0.1, 0.15) is 59.5 Å². The van der Waals surface area contributed by atoms with Gasteiger partial charge in [0.1, 0.15) is 6.54 Å². The van der Waals surface area contributed by atoms with E-state index < -0.39 is 5.97 Å². The average Bonchev–Trinajstić information content (AvgIpc) is 3.07. The van der Waals surface area contributed by atoms with Crippen molar-refractivity contribution in [3.8, 4) is 11.3 Å². The molecule has 0 unspecified atom stereocenters. The normalized spacial score (nSPS) is 16.2. The molecule has 1 aliphatic heterocycles. The number of fused-ring (bicyclic) bond motifs is 5. The number of hydrogen-bond acceptors (Lipinski definition) is 3. The van der Waals surface area contributed by atoms with Crippen molar-refractivity contribution in [2.45, 2.75) is 51.5 Å². The molecule has 1 amide bonds. The molecular formula is C27H31N3O3. The second-order valence-electron chi connectivity index (χ2n) is 9.50. The number of nitrogens with one attached hydrogen (secondary N) is 1. The molecule has 0 radical (unpaired) electrons. The summed E-state index contributed by atoms with van der Waals surface area (Å²) in [6.45, 7) is 3.47. The minimum atomic E-state index is -1.05. The molecule has 1 aromatic heterocycles. The molecule has 3 aromatic rings. The lowest BCUT2D eigenvalue weighted by molar-refractivity contribution is -0.135. The molecule has 2 N–H and O–H groups in total. The Morgan fingerprint density at radius 2 is 1.85 bits per heavy atom. The quantitative estimate of drug-likeness (QED) is 0.597. The molecule has 0 bridgehead atoms. The number of aliphatic carboxylic acids is 1. The lowest BCUT2D eigenvalue weighted by Gasteiger charge is -2.24. The first kappa shape index (κ1) is 21.6. The van der Waals surface area contributed by atoms with Gasteiger partial charge in [-0.3, -0.25) is 9.59 Å². The van der Waals surface area contributed by atoms with Crippen LogP contribution in [0.5, 0.6) is 0 Å². The molecule has 2 aliphatic rings. The average molecular weight is 446 g/mol. The summed E-state index contributed by atoms with van der Waals surface area (Å²) in [5.41, 5.74) is 8.04. The number of aromatic nitrogens is 1. The maximum Gasteiger partial charge on any atom is 0.322 e. The number of hydrogen-bond donors (Lipinski definition) is 2. The molecule has 5 rings (SSSR count). The predicted molar refractivity (Wildman–Crippen MR) is 131 cm³/mol. The van der Waals surface area contributed by atoms with E-state index in [0.29, 0.717) is 11.5 Å². The van der Waals surface area contributed by atoms with Crippen molar-refractivity contribution in [1.82, 2.24) is 9.88 Å². The first-order valence-electron chi connectivity index (χ1n) is 11.9. The van der Waals surface area contributed by atoms with Crippen LogP contribution in [0, 0.1) is 6.92 Å². The van der Waals surface area contributed by atoms with Crippen LogP contribution in [0.25, 0.3) is 22.2 Å². The van der Waals surface area contributed by atoms with Gasteiger partial charge in [-0.1, -0.05) is 37.5 Å². The third-order valence-corrected chi connectivity index (χ3v) is 7.26. The summed E-state index contributed by atoms with van der Waals surface area (Å²) in [6.07, 6.45) is 6.21. The molecular weight excluding hydrogens is 414 g/mol. The molecule has 2 aromatic carbocycles. The van der Waals surface area contributed by atoms with E-state index in [1.54, 1.807) is 0 Å². The van der Waals surface area contributed by atoms with Crippen LogP contribution in [0.3, 0.4) is 0 Å². The van der Waals surface area contributed by atoms with Gasteiger partial charge in [-0.2, -0.15) is 0 Å². The largest absolute Gasteiger partial charge is 0.480 e. The van der Waals surface area contributed by atoms with Gasteiger partial charge in [0.15, 0.2) is 0 Å². The van der Waals surface area contributed by atoms with E-state index in [4.69, 9.17) is 5.11 Å². The van der Waals surface area contributed by atoms with Crippen molar-refractivity contribution >= 4 is 28.5 Å². The van der Waals surface area contributed by atoms with Crippen LogP contribution in [0.15, 0.2) is 36.4 Å². The zero-order chi connectivity index (χ0) is 23.1. The number of carbonyl (C=O) groups is 2. The Hall–Kier alpha value is -3.28. The smallest absolute Gasteiger partial charge is 0.322 e. The summed E-state index contributed by atoms with van der Waals surface area (Å²) in [5.74, 6) is -0.881. The van der Waals surface area contributed by atoms with Crippen molar-refractivity contribution < 1.29 is 14.7 Å². The summed E-state index contributed by atoms with van der Waals surface area (Å²) in [4.78, 5) is 25.9. The summed E-state index contributed by atoms with van der Waals surface area (Å²) >= 11 is 0. The number of anilines is 1. The van der Waals surface area contributed by atoms with Gasteiger partial charge in [0, 0.05) is 47.9 Å². The third kappa shape index (κ3) is 3.88. The zero-order valence-corrected chi connectivity index (χ0v) is 19.4. The van der Waals surface area contributed by atoms with Crippen LogP contribution in [0.4, 0.5) is 5.69 Å². The number of carboxylic acid groups (broad SMARTS) is 1. The van der Waals surface area contributed by atoms with E-state index in [1.807, 2.05) is 12.1 Å². The predicted octanol–water partition coefficient (Wildman–Crippen LogP) is 4.93. The van der Waals surface area contributed by atoms with Crippen molar-refractivity contribution in [3.63, 3.8) is 0 Å². The van der Waals surface area contributed by atoms with Crippen LogP contribution in [0.2, 0.25) is 0 Å². The Morgan fingerprint density at radius 1 is 1.06 bits per heavy atom. The Kier molecular flexibility index (Phi) is 5.60. The molecule has 2 heterocycles. The van der Waals surface area contributed by atoms with Crippen LogP contribution >= 0.6 is 0 Å². The fraction of sp³-hybridized carbons (Fsp3) is 0.407. The zero-order valence-electron chi connectivity index (χ0n) is 19.4. The fourth-order valence-electron chi connectivity index (χ4n) is 5.63. The van der Waals surface area contributed by atoms with E-state index in [9.17, 15) is 9.59 Å². The van der Waals surface area contributed by atoms with Crippen molar-refractivity contribution in [2.24, 2.45) is 0 Å². The molecule has 33 heavy (non-hydrogen) atoms. The Morgan fingerprint density at radius 3 is 2.61 bits per heavy atom. The van der Waals surface area contributed by atoms with Crippen molar-refractivity contribution in [3.05, 3.63) is 53.1 Å². The van der Waals surface area contributed by atoms with E-state index in [0.717, 1.165) is 18.6 Å². The molecule has 1 saturated carbocycles. The van der Waals surface area contributed by atoms with Crippen molar-refractivity contribution in [2.75, 3.05) is 25.0 Å². The molecule has 0 atom stereocenters. The van der Waals surface area contributed by atoms with Gasteiger partial charge < -0.3 is 19.9 Å². The maximum atomic E-state index is 12.6. The van der Waals surface area contributed by atoms with Crippen molar-refractivity contribution in [1.29, 1.82) is 0 Å². The highest BCUT2D eigenvalue weighted by molar-refractivity contribution is 6.02. The number of aryl methyl sites for hydroxylation is 1. The lowest BCUT2D eigenvalue weighted by atomic mass is 9.81. The molecule has 1 fully saturated rings. The number of amides is 1. The van der Waals surface area contributed by atoms with Crippen LogP contribution in [-0.4, -0.2) is 41.7 Å². The summed E-state index contributed by atoms with van der Waals surface area (Å²) < 4.78 is 2.39. The highest BCUT2D eigenvalue weighted by atomic mass is 16.4. The van der Waals surface area contributed by atoms with Gasteiger partial charge in [-0.25, -0.2) is 0 Å². The van der Waals surface area contributed by atoms with E-state index >= 15 is 0 Å². The van der Waals surface area contributed by atoms with Gasteiger partial charge in [0.05, 0.1) is 5.69 Å². The third-order valence-electron chi connectivity index (χ3n) is 7.26. The number of benzene rings is 2. The van der Waals surface area contributed by atoms with Crippen LogP contribution in [-0.2, 0) is 11.3 Å². The Bertz CT molecular complexity index is 1240. The summed E-state index contributed by atoms with van der Waals surface area (Å²) in [5, 5.41) is 12.7. The SMILES string of the molecule is Cc1ccc2c(c1)N(C)CCn1c-2c(C2CCCCC2)c2ccc(C(=O)NCC(=O)O)cc21. The maximum absolute atomic E-state index is 12.6. The number of likely N-dealkylation sites (N-methyl/N-ethyl adjacent to an activating group) is 1. The van der Waals surface area contributed by atoms with E-state index in [1.165, 1.54) is 65.6 Å². The van der Waals surface area contributed by atoms with E-state index in [-0.39, 0.29) is 12.5 Å². The number of rotatable bonds is 4. The second-order valence-corrected chi connectivity index (χ2v) is 9.50. The molecule has 172 valence electrons. The fourth-order valence-corrected chi connectivity index (χ4v) is 5.63. The minimum absolute atomic E-state index is 0.351. The lowest BCUT2D eigenvalue weighted by Crippen LogP contribution is -2.29. The first-order valence-corrected chi connectivity index (χ1v) is 11.9. The number of carbonyl (C=O) groups excluding carboxylic acids is 1. The molecule has 6 heteroatoms. The number of carboxylic acids is 1. The van der Waals surface area contributed by atoms with E-state index in [2.05, 4.69) is 53.0 Å². The van der Waals surface area contributed by atoms with Gasteiger partial charge in [0.25, 0.3) is 5.91 Å².